The van der Waals surface area contributed by atoms with Crippen LogP contribution >= 0.6 is 0 Å². The van der Waals surface area contributed by atoms with Crippen molar-refractivity contribution < 1.29 is 19.3 Å². The summed E-state index contributed by atoms with van der Waals surface area (Å²) in [5.74, 6) is -0.640. The summed E-state index contributed by atoms with van der Waals surface area (Å²) in [6.45, 7) is 14.6. The van der Waals surface area contributed by atoms with Gasteiger partial charge in [0.05, 0.1) is 24.7 Å². The Balaban J connectivity index is 4.30. The summed E-state index contributed by atoms with van der Waals surface area (Å²) >= 11 is 0. The van der Waals surface area contributed by atoms with Gasteiger partial charge in [-0.25, -0.2) is 9.78 Å². The van der Waals surface area contributed by atoms with E-state index in [1.54, 1.807) is 6.92 Å². The molecule has 0 radical (unpaired) electrons. The maximum absolute atomic E-state index is 11.8. The lowest BCUT2D eigenvalue weighted by atomic mass is 10.1. The summed E-state index contributed by atoms with van der Waals surface area (Å²) in [7, 11) is 0. The minimum atomic E-state index is -0.392. The van der Waals surface area contributed by atoms with Gasteiger partial charge in [0.2, 0.25) is 0 Å². The van der Waals surface area contributed by atoms with E-state index in [4.69, 9.17) is 14.5 Å². The third kappa shape index (κ3) is 10.9. The molecular formula is C14H29NO4. The molecular weight excluding hydrogens is 246 g/mol. The predicted octanol–water partition coefficient (Wildman–Crippen LogP) is 2.30. The zero-order valence-electron chi connectivity index (χ0n) is 13.3. The van der Waals surface area contributed by atoms with Crippen molar-refractivity contribution in [2.24, 2.45) is 5.92 Å². The molecule has 5 heteroatoms. The lowest BCUT2D eigenvalue weighted by molar-refractivity contribution is -0.352. The molecule has 5 nitrogen and oxygen atoms in total. The monoisotopic (exact) mass is 275 g/mol. The highest BCUT2D eigenvalue weighted by atomic mass is 17.2. The van der Waals surface area contributed by atoms with Crippen LogP contribution in [0.4, 0.5) is 0 Å². The highest BCUT2D eigenvalue weighted by Gasteiger charge is 2.24. The molecule has 0 aliphatic rings. The van der Waals surface area contributed by atoms with E-state index in [1.165, 1.54) is 0 Å². The fourth-order valence-electron chi connectivity index (χ4n) is 1.19. The number of hydrogen-bond acceptors (Lipinski definition) is 5. The van der Waals surface area contributed by atoms with Crippen LogP contribution in [0.15, 0.2) is 0 Å². The molecule has 0 aliphatic heterocycles. The molecule has 0 bridgehead atoms. The van der Waals surface area contributed by atoms with Gasteiger partial charge in [-0.2, -0.15) is 0 Å². The van der Waals surface area contributed by atoms with Crippen molar-refractivity contribution in [1.29, 1.82) is 0 Å². The van der Waals surface area contributed by atoms with E-state index in [9.17, 15) is 4.79 Å². The van der Waals surface area contributed by atoms with Gasteiger partial charge < -0.3 is 10.1 Å². The van der Waals surface area contributed by atoms with E-state index in [0.29, 0.717) is 13.2 Å². The third-order valence-electron chi connectivity index (χ3n) is 2.08. The molecule has 0 aromatic rings. The number of carbonyl (C=O) groups excluding carboxylic acids is 1. The summed E-state index contributed by atoms with van der Waals surface area (Å²) in [5.41, 5.74) is -0.452. The van der Waals surface area contributed by atoms with Crippen LogP contribution in [0.2, 0.25) is 0 Å². The Kier molecular flexibility index (Phi) is 7.55. The SMILES string of the molecule is CCOC(=O)C(CNC(C)(C)C)COOC(C)(C)C. The molecule has 0 aromatic heterocycles. The Morgan fingerprint density at radius 3 is 2.16 bits per heavy atom. The number of rotatable bonds is 7. The highest BCUT2D eigenvalue weighted by molar-refractivity contribution is 5.72. The molecule has 0 spiro atoms. The average molecular weight is 275 g/mol. The summed E-state index contributed by atoms with van der Waals surface area (Å²) < 4.78 is 5.04. The van der Waals surface area contributed by atoms with Crippen LogP contribution in [0, 0.1) is 5.92 Å². The number of hydrogen-bond donors (Lipinski definition) is 1. The Hall–Kier alpha value is -0.650. The van der Waals surface area contributed by atoms with Crippen LogP contribution in [-0.4, -0.2) is 36.9 Å². The first kappa shape index (κ1) is 18.4. The van der Waals surface area contributed by atoms with Crippen LogP contribution in [0.1, 0.15) is 48.5 Å². The van der Waals surface area contributed by atoms with Crippen LogP contribution in [0.25, 0.3) is 0 Å². The standard InChI is InChI=1S/C14H29NO4/c1-8-17-12(16)11(9-15-13(2,3)4)10-18-19-14(5,6)7/h11,15H,8-10H2,1-7H3. The molecule has 0 aliphatic carbocycles. The molecule has 1 unspecified atom stereocenters. The second-order valence-electron chi connectivity index (χ2n) is 6.56. The summed E-state index contributed by atoms with van der Waals surface area (Å²) in [6.07, 6.45) is 0. The normalized spacial score (nSPS) is 14.3. The van der Waals surface area contributed by atoms with Gasteiger partial charge in [-0.05, 0) is 48.5 Å². The molecule has 0 fully saturated rings. The summed E-state index contributed by atoms with van der Waals surface area (Å²) in [5, 5.41) is 3.27. The molecule has 0 saturated heterocycles. The topological polar surface area (TPSA) is 56.8 Å². The van der Waals surface area contributed by atoms with Gasteiger partial charge in [-0.15, -0.1) is 0 Å². The highest BCUT2D eigenvalue weighted by Crippen LogP contribution is 2.10. The quantitative estimate of drug-likeness (QED) is 0.439. The number of esters is 1. The Bertz CT molecular complexity index is 266. The van der Waals surface area contributed by atoms with Gasteiger partial charge in [0.15, 0.2) is 0 Å². The van der Waals surface area contributed by atoms with Crippen molar-refractivity contribution in [2.75, 3.05) is 19.8 Å². The minimum Gasteiger partial charge on any atom is -0.466 e. The van der Waals surface area contributed by atoms with Crippen molar-refractivity contribution in [1.82, 2.24) is 5.32 Å². The molecule has 0 aromatic carbocycles. The Morgan fingerprint density at radius 2 is 1.74 bits per heavy atom. The molecule has 0 amide bonds. The molecule has 0 saturated carbocycles. The van der Waals surface area contributed by atoms with Crippen LogP contribution < -0.4 is 5.32 Å². The van der Waals surface area contributed by atoms with Crippen molar-refractivity contribution in [3.63, 3.8) is 0 Å². The molecule has 0 rings (SSSR count). The number of ether oxygens (including phenoxy) is 1. The van der Waals surface area contributed by atoms with Gasteiger partial charge in [-0.3, -0.25) is 4.79 Å². The minimum absolute atomic E-state index is 0.0599. The van der Waals surface area contributed by atoms with Crippen molar-refractivity contribution in [3.8, 4) is 0 Å². The number of carbonyl (C=O) groups is 1. The van der Waals surface area contributed by atoms with E-state index in [-0.39, 0.29) is 24.0 Å². The van der Waals surface area contributed by atoms with E-state index < -0.39 is 5.60 Å². The van der Waals surface area contributed by atoms with Crippen LogP contribution in [0.5, 0.6) is 0 Å². The predicted molar refractivity (Wildman–Crippen MR) is 74.7 cm³/mol. The van der Waals surface area contributed by atoms with Gasteiger partial charge in [-0.1, -0.05) is 0 Å². The molecule has 1 N–H and O–H groups in total. The zero-order chi connectivity index (χ0) is 15.1. The van der Waals surface area contributed by atoms with Gasteiger partial charge in [0, 0.05) is 12.1 Å². The van der Waals surface area contributed by atoms with Crippen molar-refractivity contribution in [2.45, 2.75) is 59.6 Å². The second kappa shape index (κ2) is 7.82. The average Bonchev–Trinajstić information content (AvgIpc) is 2.20. The fraction of sp³-hybridized carbons (Fsp3) is 0.929. The summed E-state index contributed by atoms with van der Waals surface area (Å²) in [4.78, 5) is 22.2. The van der Waals surface area contributed by atoms with E-state index in [0.717, 1.165) is 0 Å². The molecule has 114 valence electrons. The first-order chi connectivity index (χ1) is 8.55. The Labute approximate surface area is 116 Å². The zero-order valence-corrected chi connectivity index (χ0v) is 13.3. The first-order valence-corrected chi connectivity index (χ1v) is 6.77. The van der Waals surface area contributed by atoms with Crippen molar-refractivity contribution in [3.05, 3.63) is 0 Å². The molecule has 1 atom stereocenters. The van der Waals surface area contributed by atoms with E-state index >= 15 is 0 Å². The summed E-state index contributed by atoms with van der Waals surface area (Å²) in [6, 6.07) is 0. The lowest BCUT2D eigenvalue weighted by Gasteiger charge is -2.25. The largest absolute Gasteiger partial charge is 0.466 e. The smallest absolute Gasteiger partial charge is 0.312 e. The lowest BCUT2D eigenvalue weighted by Crippen LogP contribution is -2.43. The third-order valence-corrected chi connectivity index (χ3v) is 2.08. The van der Waals surface area contributed by atoms with Crippen LogP contribution in [0.3, 0.4) is 0 Å². The Morgan fingerprint density at radius 1 is 1.16 bits per heavy atom. The maximum Gasteiger partial charge on any atom is 0.312 e. The maximum atomic E-state index is 11.8. The van der Waals surface area contributed by atoms with Crippen LogP contribution in [-0.2, 0) is 19.3 Å². The van der Waals surface area contributed by atoms with Crippen molar-refractivity contribution >= 4 is 5.97 Å². The molecule has 19 heavy (non-hydrogen) atoms. The second-order valence-corrected chi connectivity index (χ2v) is 6.56. The van der Waals surface area contributed by atoms with Gasteiger partial charge in [0.1, 0.15) is 0 Å². The first-order valence-electron chi connectivity index (χ1n) is 6.77. The fourth-order valence-corrected chi connectivity index (χ4v) is 1.19. The molecule has 0 heterocycles. The number of nitrogens with one attached hydrogen (secondary N) is 1. The van der Waals surface area contributed by atoms with E-state index in [1.807, 2.05) is 41.5 Å². The van der Waals surface area contributed by atoms with Gasteiger partial charge >= 0.3 is 5.97 Å². The van der Waals surface area contributed by atoms with Gasteiger partial charge in [0.25, 0.3) is 0 Å². The van der Waals surface area contributed by atoms with E-state index in [2.05, 4.69) is 5.32 Å².